The largest absolute Gasteiger partial charge is 0.379 e. The zero-order valence-electron chi connectivity index (χ0n) is 45.0. The Morgan fingerprint density at radius 2 is 1.49 bits per heavy atom. The SMILES string of the molecule is CC[C@H](C)[C@@H]([C@@H](CC(=O)N1CCC[C@H]1[C@H](OC)[C@@H](C)C(=O)C[C@@H](Cc1ccccc1)C(=O)NCCOCCOCCCC(=O)CCC1CCNCC1)OC)N(C)C(=O)[C@@H](CC(=O)[C@H](C)N(C)C)C(C)C. The number of hydrogen-bond acceptors (Lipinski definition) is 12. The summed E-state index contributed by atoms with van der Waals surface area (Å²) in [5.41, 5.74) is 0.943. The Kier molecular flexibility index (Phi) is 28.2. The minimum atomic E-state index is -0.633. The van der Waals surface area contributed by atoms with Crippen LogP contribution in [0.15, 0.2) is 30.3 Å². The van der Waals surface area contributed by atoms with E-state index in [-0.39, 0.29) is 85.6 Å². The quantitative estimate of drug-likeness (QED) is 0.0741. The molecule has 1 aromatic rings. The van der Waals surface area contributed by atoms with Gasteiger partial charge in [0, 0.05) is 84.4 Å². The summed E-state index contributed by atoms with van der Waals surface area (Å²) < 4.78 is 23.6. The highest BCUT2D eigenvalue weighted by atomic mass is 16.5. The highest BCUT2D eigenvalue weighted by Gasteiger charge is 2.43. The summed E-state index contributed by atoms with van der Waals surface area (Å²) >= 11 is 0. The Morgan fingerprint density at radius 1 is 0.814 bits per heavy atom. The van der Waals surface area contributed by atoms with E-state index in [2.05, 4.69) is 24.5 Å². The number of Topliss-reactive ketones (excluding diaryl/α,β-unsaturated/α-hetero) is 3. The van der Waals surface area contributed by atoms with Crippen molar-refractivity contribution in [1.29, 1.82) is 0 Å². The molecule has 0 spiro atoms. The molecule has 15 heteroatoms. The lowest BCUT2D eigenvalue weighted by Gasteiger charge is -2.41. The van der Waals surface area contributed by atoms with Crippen LogP contribution < -0.4 is 10.6 Å². The molecule has 0 saturated carbocycles. The van der Waals surface area contributed by atoms with Gasteiger partial charge in [0.2, 0.25) is 17.7 Å². The van der Waals surface area contributed by atoms with Gasteiger partial charge < -0.3 is 39.4 Å². The molecule has 70 heavy (non-hydrogen) atoms. The second-order valence-electron chi connectivity index (χ2n) is 20.7. The lowest BCUT2D eigenvalue weighted by molar-refractivity contribution is -0.149. The summed E-state index contributed by atoms with van der Waals surface area (Å²) in [6.07, 6.45) is 6.62. The highest BCUT2D eigenvalue weighted by Crippen LogP contribution is 2.32. The van der Waals surface area contributed by atoms with Crippen LogP contribution in [0.2, 0.25) is 0 Å². The van der Waals surface area contributed by atoms with Crippen LogP contribution in [-0.2, 0) is 54.1 Å². The summed E-state index contributed by atoms with van der Waals surface area (Å²) in [5, 5.41) is 6.35. The molecule has 0 aromatic heterocycles. The minimum absolute atomic E-state index is 0.00257. The Hall–Kier alpha value is -3.60. The third kappa shape index (κ3) is 19.8. The molecule has 2 aliphatic rings. The first-order valence-electron chi connectivity index (χ1n) is 26.5. The van der Waals surface area contributed by atoms with Crippen molar-refractivity contribution in [3.05, 3.63) is 35.9 Å². The van der Waals surface area contributed by atoms with Crippen molar-refractivity contribution in [2.24, 2.45) is 35.5 Å². The van der Waals surface area contributed by atoms with Gasteiger partial charge in [-0.1, -0.05) is 71.4 Å². The molecule has 2 N–H and O–H groups in total. The Bertz CT molecular complexity index is 1720. The van der Waals surface area contributed by atoms with E-state index in [1.165, 1.54) is 0 Å². The Morgan fingerprint density at radius 3 is 2.10 bits per heavy atom. The van der Waals surface area contributed by atoms with E-state index in [1.54, 1.807) is 26.2 Å². The lowest BCUT2D eigenvalue weighted by atomic mass is 9.84. The van der Waals surface area contributed by atoms with Crippen LogP contribution in [-0.4, -0.2) is 168 Å². The maximum Gasteiger partial charge on any atom is 0.226 e. The number of hydrogen-bond donors (Lipinski definition) is 2. The van der Waals surface area contributed by atoms with Crippen molar-refractivity contribution in [3.63, 3.8) is 0 Å². The Balaban J connectivity index is 1.58. The first-order valence-corrected chi connectivity index (χ1v) is 26.5. The lowest BCUT2D eigenvalue weighted by Crippen LogP contribution is -2.54. The van der Waals surface area contributed by atoms with E-state index < -0.39 is 36.0 Å². The summed E-state index contributed by atoms with van der Waals surface area (Å²) in [7, 11) is 8.62. The van der Waals surface area contributed by atoms with Crippen LogP contribution in [0.1, 0.15) is 124 Å². The molecule has 9 atom stereocenters. The summed E-state index contributed by atoms with van der Waals surface area (Å²) in [6, 6.07) is 8.53. The van der Waals surface area contributed by atoms with Gasteiger partial charge >= 0.3 is 0 Å². The van der Waals surface area contributed by atoms with E-state index in [1.807, 2.05) is 81.9 Å². The van der Waals surface area contributed by atoms with Gasteiger partial charge in [0.15, 0.2) is 0 Å². The van der Waals surface area contributed by atoms with Gasteiger partial charge in [-0.2, -0.15) is 0 Å². The fourth-order valence-electron chi connectivity index (χ4n) is 10.2. The smallest absolute Gasteiger partial charge is 0.226 e. The number of carbonyl (C=O) groups excluding carboxylic acids is 6. The second kappa shape index (κ2) is 32.5. The molecule has 0 radical (unpaired) electrons. The van der Waals surface area contributed by atoms with Gasteiger partial charge in [0.05, 0.1) is 56.6 Å². The van der Waals surface area contributed by atoms with Gasteiger partial charge in [-0.15, -0.1) is 0 Å². The zero-order valence-corrected chi connectivity index (χ0v) is 45.0. The van der Waals surface area contributed by atoms with E-state index >= 15 is 0 Å². The average molecular weight is 984 g/mol. The van der Waals surface area contributed by atoms with Gasteiger partial charge in [-0.25, -0.2) is 0 Å². The first kappa shape index (κ1) is 60.7. The number of nitrogens with zero attached hydrogens (tertiary/aromatic N) is 3. The van der Waals surface area contributed by atoms with E-state index in [9.17, 15) is 28.8 Å². The van der Waals surface area contributed by atoms with E-state index in [0.717, 1.165) is 50.8 Å². The first-order chi connectivity index (χ1) is 33.4. The van der Waals surface area contributed by atoms with Crippen LogP contribution in [0.5, 0.6) is 0 Å². The van der Waals surface area contributed by atoms with Crippen LogP contribution in [0.4, 0.5) is 0 Å². The van der Waals surface area contributed by atoms with Gasteiger partial charge in [0.1, 0.15) is 17.3 Å². The number of amides is 3. The number of rotatable bonds is 35. The molecular formula is C55H93N5O10. The molecule has 2 saturated heterocycles. The number of piperidine rings is 1. The van der Waals surface area contributed by atoms with Crippen LogP contribution in [0, 0.1) is 35.5 Å². The van der Waals surface area contributed by atoms with E-state index in [0.29, 0.717) is 70.2 Å². The molecule has 398 valence electrons. The fourth-order valence-corrected chi connectivity index (χ4v) is 10.2. The molecule has 15 nitrogen and oxygen atoms in total. The Labute approximate surface area is 421 Å². The topological polar surface area (TPSA) is 173 Å². The molecule has 3 rings (SSSR count). The molecular weight excluding hydrogens is 891 g/mol. The van der Waals surface area contributed by atoms with Crippen molar-refractivity contribution in [3.8, 4) is 0 Å². The predicted molar refractivity (Wildman–Crippen MR) is 274 cm³/mol. The third-order valence-electron chi connectivity index (χ3n) is 15.2. The maximum atomic E-state index is 14.4. The van der Waals surface area contributed by atoms with Crippen molar-refractivity contribution in [2.75, 3.05) is 88.0 Å². The van der Waals surface area contributed by atoms with Gasteiger partial charge in [-0.05, 0) is 102 Å². The van der Waals surface area contributed by atoms with Gasteiger partial charge in [-0.3, -0.25) is 33.7 Å². The van der Waals surface area contributed by atoms with Crippen molar-refractivity contribution in [2.45, 2.75) is 155 Å². The van der Waals surface area contributed by atoms with Gasteiger partial charge in [0.25, 0.3) is 0 Å². The van der Waals surface area contributed by atoms with Crippen LogP contribution in [0.25, 0.3) is 0 Å². The molecule has 0 bridgehead atoms. The summed E-state index contributed by atoms with van der Waals surface area (Å²) in [6.45, 7) is 16.1. The number of ketones is 3. The molecule has 1 aromatic carbocycles. The minimum Gasteiger partial charge on any atom is -0.379 e. The van der Waals surface area contributed by atoms with Crippen molar-refractivity contribution < 1.29 is 47.7 Å². The summed E-state index contributed by atoms with van der Waals surface area (Å²) in [4.78, 5) is 87.6. The number of methoxy groups -OCH3 is 2. The zero-order chi connectivity index (χ0) is 51.8. The molecule has 3 amide bonds. The standard InChI is InChI=1S/C55H93N5O10/c1-12-39(4)52(59(9)55(66)46(38(2)3)36-49(63)41(6)58(7)8)50(67-10)37-51(64)60-29-16-21-47(60)53(68-11)40(5)48(62)35-44(34-43-18-14-13-15-19-43)54(65)57-28-31-70-33-32-69-30-17-20-45(61)23-22-42-24-26-56-27-25-42/h13-15,18-19,38-42,44,46-47,50,52-53,56H,12,16-17,20-37H2,1-11H3,(H,57,65)/t39-,40-,41-,44+,46-,47-,50+,52-,53+/m0/s1. The normalized spacial score (nSPS) is 19.0. The number of likely N-dealkylation sites (tertiary alicyclic amines) is 1. The number of carbonyl (C=O) groups is 6. The van der Waals surface area contributed by atoms with E-state index in [4.69, 9.17) is 18.9 Å². The van der Waals surface area contributed by atoms with Crippen molar-refractivity contribution in [1.82, 2.24) is 25.3 Å². The molecule has 0 aliphatic carbocycles. The average Bonchev–Trinajstić information content (AvgIpc) is 3.84. The number of likely N-dealkylation sites (N-methyl/N-ethyl adjacent to an activating group) is 2. The molecule has 2 heterocycles. The highest BCUT2D eigenvalue weighted by molar-refractivity contribution is 5.90. The number of benzene rings is 1. The maximum absolute atomic E-state index is 14.4. The number of ether oxygens (including phenoxy) is 4. The van der Waals surface area contributed by atoms with Crippen molar-refractivity contribution >= 4 is 35.1 Å². The second-order valence-corrected chi connectivity index (χ2v) is 20.7. The summed E-state index contributed by atoms with van der Waals surface area (Å²) in [5.74, 6) is -1.52. The number of nitrogens with one attached hydrogen (secondary N) is 2. The molecule has 2 aliphatic heterocycles. The predicted octanol–water partition coefficient (Wildman–Crippen LogP) is 6.18. The van der Waals surface area contributed by atoms with Crippen LogP contribution >= 0.6 is 0 Å². The molecule has 0 unspecified atom stereocenters. The third-order valence-corrected chi connectivity index (χ3v) is 15.2. The fraction of sp³-hybridized carbons (Fsp3) is 0.782. The van der Waals surface area contributed by atoms with Crippen LogP contribution in [0.3, 0.4) is 0 Å². The monoisotopic (exact) mass is 984 g/mol. The molecule has 2 fully saturated rings.